The summed E-state index contributed by atoms with van der Waals surface area (Å²) in [5.74, 6) is 0.343. The highest BCUT2D eigenvalue weighted by molar-refractivity contribution is 6.30. The number of hydrogen-bond donors (Lipinski definition) is 0. The van der Waals surface area contributed by atoms with Gasteiger partial charge in [-0.15, -0.1) is 0 Å². The number of aromatic nitrogens is 2. The van der Waals surface area contributed by atoms with Gasteiger partial charge in [0.2, 0.25) is 0 Å². The molecule has 1 saturated heterocycles. The van der Waals surface area contributed by atoms with Crippen molar-refractivity contribution >= 4 is 23.3 Å². The van der Waals surface area contributed by atoms with E-state index in [1.54, 1.807) is 33.7 Å². The van der Waals surface area contributed by atoms with Crippen LogP contribution in [0.2, 0.25) is 5.02 Å². The fourth-order valence-corrected chi connectivity index (χ4v) is 3.89. The van der Waals surface area contributed by atoms with Crippen LogP contribution >= 0.6 is 11.6 Å². The first-order valence-electron chi connectivity index (χ1n) is 9.60. The number of piperazine rings is 1. The van der Waals surface area contributed by atoms with E-state index in [1.165, 1.54) is 6.20 Å². The Bertz CT molecular complexity index is 916. The van der Waals surface area contributed by atoms with Crippen LogP contribution in [0.25, 0.3) is 0 Å². The van der Waals surface area contributed by atoms with E-state index < -0.39 is 10.5 Å². The highest BCUT2D eigenvalue weighted by atomic mass is 35.5. The topological polar surface area (TPSA) is 103 Å². The second-order valence-electron chi connectivity index (χ2n) is 7.72. The summed E-state index contributed by atoms with van der Waals surface area (Å²) in [7, 11) is 0. The minimum absolute atomic E-state index is 0.0116. The summed E-state index contributed by atoms with van der Waals surface area (Å²) in [6, 6.07) is 7.18. The fourth-order valence-electron chi connectivity index (χ4n) is 3.76. The first kappa shape index (κ1) is 20.4. The van der Waals surface area contributed by atoms with Crippen molar-refractivity contribution in [2.75, 3.05) is 39.3 Å². The van der Waals surface area contributed by atoms with E-state index in [-0.39, 0.29) is 24.3 Å². The molecule has 0 N–H and O–H groups in total. The highest BCUT2D eigenvalue weighted by Gasteiger charge is 2.42. The number of ether oxygens (including phenoxy) is 2. The van der Waals surface area contributed by atoms with Gasteiger partial charge in [-0.1, -0.05) is 11.6 Å². The third-order valence-corrected chi connectivity index (χ3v) is 5.47. The molecule has 1 fully saturated rings. The molecule has 160 valence electrons. The lowest BCUT2D eigenvalue weighted by Gasteiger charge is -2.37. The van der Waals surface area contributed by atoms with Crippen LogP contribution in [0.3, 0.4) is 0 Å². The quantitative estimate of drug-likeness (QED) is 0.503. The summed E-state index contributed by atoms with van der Waals surface area (Å²) in [6.07, 6.45) is 1.40. The third-order valence-electron chi connectivity index (χ3n) is 5.22. The van der Waals surface area contributed by atoms with Crippen molar-refractivity contribution in [3.8, 4) is 11.8 Å². The van der Waals surface area contributed by atoms with Gasteiger partial charge in [0.15, 0.2) is 6.61 Å². The molecule has 3 heterocycles. The van der Waals surface area contributed by atoms with Crippen LogP contribution in [-0.2, 0) is 11.3 Å². The van der Waals surface area contributed by atoms with Gasteiger partial charge in [-0.2, -0.15) is 0 Å². The van der Waals surface area contributed by atoms with E-state index in [1.807, 2.05) is 6.92 Å². The van der Waals surface area contributed by atoms with E-state index in [0.29, 0.717) is 50.0 Å². The molecular formula is C19H22ClN5O5. The molecule has 4 rings (SSSR count). The minimum Gasteiger partial charge on any atom is -0.484 e. The molecule has 1 unspecified atom stereocenters. The number of nitrogens with zero attached hydrogens (tertiary/aromatic N) is 5. The lowest BCUT2D eigenvalue weighted by Crippen LogP contribution is -2.54. The maximum Gasteiger partial charge on any atom is 0.415 e. The number of hydrogen-bond acceptors (Lipinski definition) is 7. The van der Waals surface area contributed by atoms with Crippen molar-refractivity contribution in [1.82, 2.24) is 19.4 Å². The van der Waals surface area contributed by atoms with Crippen LogP contribution in [0.4, 0.5) is 5.82 Å². The smallest absolute Gasteiger partial charge is 0.415 e. The molecule has 0 saturated carbocycles. The minimum atomic E-state index is -0.529. The number of fused-ring (bicyclic) bond motifs is 1. The molecule has 1 aromatic heterocycles. The molecule has 1 amide bonds. The first-order valence-corrected chi connectivity index (χ1v) is 9.98. The standard InChI is InChI=1S/C19H22ClN5O5/c1-19(13-24-10-16(25(27)28)21-18(24)30-19)12-22-6-8-23(9-7-22)17(26)11-29-15-4-2-14(20)3-5-15/h2-5,10H,6-9,11-13H2,1H3. The van der Waals surface area contributed by atoms with E-state index in [2.05, 4.69) is 9.88 Å². The Morgan fingerprint density at radius 3 is 2.63 bits per heavy atom. The fraction of sp³-hybridized carbons (Fsp3) is 0.474. The molecular weight excluding hydrogens is 414 g/mol. The number of rotatable bonds is 6. The number of nitro groups is 1. The normalized spacial score (nSPS) is 21.2. The summed E-state index contributed by atoms with van der Waals surface area (Å²) in [4.78, 5) is 30.7. The molecule has 11 heteroatoms. The lowest BCUT2D eigenvalue weighted by molar-refractivity contribution is -0.389. The lowest BCUT2D eigenvalue weighted by atomic mass is 10.1. The predicted molar refractivity (Wildman–Crippen MR) is 108 cm³/mol. The summed E-state index contributed by atoms with van der Waals surface area (Å²) in [5.41, 5.74) is -0.513. The summed E-state index contributed by atoms with van der Waals surface area (Å²) >= 11 is 5.84. The van der Waals surface area contributed by atoms with E-state index in [0.717, 1.165) is 0 Å². The number of amides is 1. The SMILES string of the molecule is CC1(CN2CCN(C(=O)COc3ccc(Cl)cc3)CC2)Cn2cc([N+](=O)[O-])nc2O1. The maximum atomic E-state index is 12.4. The molecule has 1 atom stereocenters. The Morgan fingerprint density at radius 2 is 2.00 bits per heavy atom. The largest absolute Gasteiger partial charge is 0.484 e. The van der Waals surface area contributed by atoms with Gasteiger partial charge in [0.1, 0.15) is 17.5 Å². The summed E-state index contributed by atoms with van der Waals surface area (Å²) in [6.45, 7) is 5.74. The van der Waals surface area contributed by atoms with Gasteiger partial charge < -0.3 is 24.5 Å². The average molecular weight is 436 g/mol. The molecule has 0 radical (unpaired) electrons. The Balaban J connectivity index is 1.23. The summed E-state index contributed by atoms with van der Waals surface area (Å²) < 4.78 is 13.1. The molecule has 30 heavy (non-hydrogen) atoms. The molecule has 0 spiro atoms. The van der Waals surface area contributed by atoms with Crippen molar-refractivity contribution in [3.63, 3.8) is 0 Å². The second-order valence-corrected chi connectivity index (χ2v) is 8.15. The molecule has 1 aromatic carbocycles. The Morgan fingerprint density at radius 1 is 1.30 bits per heavy atom. The molecule has 2 aliphatic heterocycles. The van der Waals surface area contributed by atoms with Gasteiger partial charge in [-0.25, -0.2) is 0 Å². The summed E-state index contributed by atoms with van der Waals surface area (Å²) in [5, 5.41) is 11.4. The van der Waals surface area contributed by atoms with Crippen molar-refractivity contribution in [2.24, 2.45) is 0 Å². The second kappa shape index (κ2) is 8.11. The number of imidazole rings is 1. The molecule has 0 aliphatic carbocycles. The Hall–Kier alpha value is -2.85. The van der Waals surface area contributed by atoms with Crippen molar-refractivity contribution in [1.29, 1.82) is 0 Å². The Kier molecular flexibility index (Phi) is 5.52. The van der Waals surface area contributed by atoms with Gasteiger partial charge in [-0.05, 0) is 36.1 Å². The number of carbonyl (C=O) groups excluding carboxylic acids is 1. The molecule has 0 bridgehead atoms. The average Bonchev–Trinajstić information content (AvgIpc) is 3.23. The van der Waals surface area contributed by atoms with Crippen LogP contribution in [0.5, 0.6) is 11.8 Å². The van der Waals surface area contributed by atoms with E-state index >= 15 is 0 Å². The van der Waals surface area contributed by atoms with Gasteiger partial charge in [0.25, 0.3) is 5.91 Å². The van der Waals surface area contributed by atoms with Crippen LogP contribution in [-0.4, -0.2) is 75.1 Å². The van der Waals surface area contributed by atoms with Crippen molar-refractivity contribution < 1.29 is 19.2 Å². The van der Waals surface area contributed by atoms with Gasteiger partial charge in [0.05, 0.1) is 6.54 Å². The van der Waals surface area contributed by atoms with Crippen LogP contribution in [0, 0.1) is 10.1 Å². The molecule has 2 aliphatic rings. The Labute approximate surface area is 178 Å². The van der Waals surface area contributed by atoms with Crippen molar-refractivity contribution in [3.05, 3.63) is 45.6 Å². The number of carbonyl (C=O) groups is 1. The monoisotopic (exact) mass is 435 g/mol. The predicted octanol–water partition coefficient (Wildman–Crippen LogP) is 1.82. The van der Waals surface area contributed by atoms with E-state index in [4.69, 9.17) is 21.1 Å². The molecule has 10 nitrogen and oxygen atoms in total. The van der Waals surface area contributed by atoms with Crippen LogP contribution < -0.4 is 9.47 Å². The van der Waals surface area contributed by atoms with E-state index in [9.17, 15) is 14.9 Å². The van der Waals surface area contributed by atoms with Gasteiger partial charge >= 0.3 is 11.8 Å². The maximum absolute atomic E-state index is 12.4. The third kappa shape index (κ3) is 4.49. The zero-order valence-corrected chi connectivity index (χ0v) is 17.2. The first-order chi connectivity index (χ1) is 14.3. The zero-order valence-electron chi connectivity index (χ0n) is 16.5. The number of halogens is 1. The number of benzene rings is 1. The van der Waals surface area contributed by atoms with Gasteiger partial charge in [-0.3, -0.25) is 14.3 Å². The van der Waals surface area contributed by atoms with Gasteiger partial charge in [0, 0.05) is 42.7 Å². The van der Waals surface area contributed by atoms with Crippen LogP contribution in [0.15, 0.2) is 30.5 Å². The molecule has 2 aromatic rings. The zero-order chi connectivity index (χ0) is 21.3. The highest BCUT2D eigenvalue weighted by Crippen LogP contribution is 2.31. The van der Waals surface area contributed by atoms with Crippen LogP contribution in [0.1, 0.15) is 6.92 Å². The van der Waals surface area contributed by atoms with Crippen molar-refractivity contribution in [2.45, 2.75) is 19.1 Å².